The molecule has 49 heavy (non-hydrogen) atoms. The smallest absolute Gasteiger partial charge is 0.254 e. The molecule has 0 saturated carbocycles. The quantitative estimate of drug-likeness (QED) is 0.104. The molecule has 0 fully saturated rings. The lowest BCUT2D eigenvalue weighted by molar-refractivity contribution is -0.125. The average Bonchev–Trinajstić information content (AvgIpc) is 3.58. The predicted octanol–water partition coefficient (Wildman–Crippen LogP) is 7.36. The van der Waals surface area contributed by atoms with Crippen molar-refractivity contribution in [2.75, 3.05) is 23.3 Å². The number of hydrogen-bond donors (Lipinski definition) is 2. The Hall–Kier alpha value is -5.21. The van der Waals surface area contributed by atoms with E-state index in [0.29, 0.717) is 54.1 Å². The second-order valence-electron chi connectivity index (χ2n) is 12.3. The van der Waals surface area contributed by atoms with Crippen molar-refractivity contribution in [2.24, 2.45) is 0 Å². The topological polar surface area (TPSA) is 132 Å². The average molecular weight is 685 g/mol. The van der Waals surface area contributed by atoms with E-state index in [1.807, 2.05) is 39.8 Å². The van der Waals surface area contributed by atoms with Crippen molar-refractivity contribution in [1.82, 2.24) is 15.4 Å². The monoisotopic (exact) mass is 684 g/mol. The van der Waals surface area contributed by atoms with Gasteiger partial charge in [0.25, 0.3) is 5.91 Å². The molecule has 2 heterocycles. The number of nitrogens with zero attached hydrogens (tertiary/aromatic N) is 4. The molecule has 1 aromatic heterocycles. The highest BCUT2D eigenvalue weighted by Gasteiger charge is 2.32. The molecule has 0 bridgehead atoms. The largest absolute Gasteiger partial charge is 0.383 e. The normalized spacial score (nSPS) is 12.8. The van der Waals surface area contributed by atoms with E-state index in [2.05, 4.69) is 38.9 Å². The van der Waals surface area contributed by atoms with E-state index in [9.17, 15) is 19.6 Å². The number of aromatic nitrogens is 1. The van der Waals surface area contributed by atoms with Gasteiger partial charge < -0.3 is 19.6 Å². The zero-order valence-electron chi connectivity index (χ0n) is 27.9. The van der Waals surface area contributed by atoms with Gasteiger partial charge in [0, 0.05) is 54.6 Å². The van der Waals surface area contributed by atoms with E-state index in [-0.39, 0.29) is 30.6 Å². The van der Waals surface area contributed by atoms with Crippen LogP contribution in [0, 0.1) is 37.9 Å². The number of amides is 3. The number of rotatable bonds is 14. The molecule has 5 rings (SSSR count). The molecule has 2 N–H and O–H groups in total. The number of fused-ring (bicyclic) bond motifs is 1. The van der Waals surface area contributed by atoms with E-state index in [1.165, 1.54) is 6.07 Å². The van der Waals surface area contributed by atoms with Crippen LogP contribution in [-0.2, 0) is 16.1 Å². The highest BCUT2D eigenvalue weighted by molar-refractivity contribution is 6.32. The summed E-state index contributed by atoms with van der Waals surface area (Å²) in [5, 5.41) is 19.2. The molecule has 10 nitrogen and oxygen atoms in total. The van der Waals surface area contributed by atoms with Gasteiger partial charge in [0.15, 0.2) is 0 Å². The zero-order valence-corrected chi connectivity index (χ0v) is 28.7. The number of hydrogen-bond acceptors (Lipinski definition) is 8. The molecule has 1 aliphatic rings. The predicted molar refractivity (Wildman–Crippen MR) is 186 cm³/mol. The maximum absolute atomic E-state index is 15.1. The molecule has 12 heteroatoms. The van der Waals surface area contributed by atoms with Gasteiger partial charge in [0.05, 0.1) is 22.0 Å². The van der Waals surface area contributed by atoms with Crippen LogP contribution in [0.15, 0.2) is 53.1 Å². The van der Waals surface area contributed by atoms with Crippen molar-refractivity contribution in [3.8, 4) is 17.2 Å². The lowest BCUT2D eigenvalue weighted by atomic mass is 10.0. The molecule has 4 aromatic rings. The fourth-order valence-corrected chi connectivity index (χ4v) is 6.42. The maximum Gasteiger partial charge on any atom is 0.254 e. The minimum atomic E-state index is -0.438. The summed E-state index contributed by atoms with van der Waals surface area (Å²) in [4.78, 5) is 39.2. The third-order valence-corrected chi connectivity index (χ3v) is 9.21. The fourth-order valence-electron chi connectivity index (χ4n) is 6.20. The molecule has 0 radical (unpaired) electrons. The van der Waals surface area contributed by atoms with Gasteiger partial charge in [-0.3, -0.25) is 19.7 Å². The first-order valence-electron chi connectivity index (χ1n) is 16.1. The lowest BCUT2D eigenvalue weighted by Crippen LogP contribution is -2.34. The number of carbonyl (C=O) groups excluding carboxylic acids is 3. The summed E-state index contributed by atoms with van der Waals surface area (Å²) in [5.74, 6) is -0.332. The van der Waals surface area contributed by atoms with Crippen molar-refractivity contribution in [3.05, 3.63) is 93.1 Å². The van der Waals surface area contributed by atoms with Crippen LogP contribution in [0.25, 0.3) is 11.1 Å². The summed E-state index contributed by atoms with van der Waals surface area (Å²) < 4.78 is 20.6. The Labute approximate surface area is 289 Å². The number of nitriles is 1. The van der Waals surface area contributed by atoms with Crippen LogP contribution in [0.4, 0.5) is 21.5 Å². The molecule has 0 saturated heterocycles. The third-order valence-electron chi connectivity index (χ3n) is 8.90. The minimum absolute atomic E-state index is 0.100. The Morgan fingerprint density at radius 2 is 1.98 bits per heavy atom. The summed E-state index contributed by atoms with van der Waals surface area (Å²) in [6.45, 7) is 9.00. The first-order chi connectivity index (χ1) is 23.5. The standard InChI is InChI=1S/C37H38ClFN6O4/c1-22-7-9-26(36-24(3)43-49-25(36)4)16-34(22)44(29-11-10-27(19-40)31(38)17-29)14-6-5-13-41-33-18-30-28(15-32(33)39)20-45(37(30)48)23(2)8-12-35(47)42-21-46/h7,9-11,15-18,21,23,41H,5-6,8,12-14,20H2,1-4H3,(H,42,46,47). The molecule has 1 aliphatic heterocycles. The van der Waals surface area contributed by atoms with Gasteiger partial charge in [-0.1, -0.05) is 28.9 Å². The van der Waals surface area contributed by atoms with Crippen LogP contribution in [-0.4, -0.2) is 47.4 Å². The highest BCUT2D eigenvalue weighted by atomic mass is 35.5. The fraction of sp³-hybridized carbons (Fsp3) is 0.324. The van der Waals surface area contributed by atoms with Crippen LogP contribution >= 0.6 is 11.6 Å². The van der Waals surface area contributed by atoms with E-state index >= 15 is 4.39 Å². The van der Waals surface area contributed by atoms with Crippen LogP contribution in [0.3, 0.4) is 0 Å². The Kier molecular flexibility index (Phi) is 11.0. The van der Waals surface area contributed by atoms with Crippen LogP contribution in [0.1, 0.15) is 71.1 Å². The van der Waals surface area contributed by atoms with Crippen molar-refractivity contribution < 1.29 is 23.3 Å². The van der Waals surface area contributed by atoms with Gasteiger partial charge in [-0.15, -0.1) is 0 Å². The molecular formula is C37H38ClFN6O4. The maximum atomic E-state index is 15.1. The molecule has 1 atom stereocenters. The van der Waals surface area contributed by atoms with Crippen molar-refractivity contribution >= 4 is 46.9 Å². The Morgan fingerprint density at radius 3 is 2.67 bits per heavy atom. The van der Waals surface area contributed by atoms with Gasteiger partial charge in [-0.25, -0.2) is 4.39 Å². The summed E-state index contributed by atoms with van der Waals surface area (Å²) in [6, 6.07) is 16.4. The van der Waals surface area contributed by atoms with Crippen LogP contribution in [0.5, 0.6) is 0 Å². The van der Waals surface area contributed by atoms with Crippen molar-refractivity contribution in [2.45, 2.75) is 66.0 Å². The second kappa shape index (κ2) is 15.3. The van der Waals surface area contributed by atoms with Gasteiger partial charge in [0.2, 0.25) is 12.3 Å². The number of nitrogens with one attached hydrogen (secondary N) is 2. The van der Waals surface area contributed by atoms with Crippen LogP contribution in [0.2, 0.25) is 5.02 Å². The molecule has 0 spiro atoms. The second-order valence-corrected chi connectivity index (χ2v) is 12.7. The van der Waals surface area contributed by atoms with Crippen molar-refractivity contribution in [3.63, 3.8) is 0 Å². The molecule has 3 amide bonds. The zero-order chi connectivity index (χ0) is 35.2. The Bertz CT molecular complexity index is 1920. The van der Waals surface area contributed by atoms with Gasteiger partial charge in [-0.05, 0) is 100 Å². The van der Waals surface area contributed by atoms with E-state index in [0.717, 1.165) is 45.9 Å². The summed E-state index contributed by atoms with van der Waals surface area (Å²) >= 11 is 6.47. The first-order valence-corrected chi connectivity index (χ1v) is 16.5. The first kappa shape index (κ1) is 35.1. The lowest BCUT2D eigenvalue weighted by Gasteiger charge is -2.28. The van der Waals surface area contributed by atoms with E-state index < -0.39 is 11.7 Å². The number of unbranched alkanes of at least 4 members (excludes halogenated alkanes) is 1. The number of carbonyl (C=O) groups is 3. The summed E-state index contributed by atoms with van der Waals surface area (Å²) in [7, 11) is 0. The summed E-state index contributed by atoms with van der Waals surface area (Å²) in [6.07, 6.45) is 2.24. The van der Waals surface area contributed by atoms with Gasteiger partial charge in [0.1, 0.15) is 17.6 Å². The highest BCUT2D eigenvalue weighted by Crippen LogP contribution is 2.37. The Balaban J connectivity index is 1.27. The Morgan fingerprint density at radius 1 is 1.18 bits per heavy atom. The molecule has 1 unspecified atom stereocenters. The molecule has 3 aromatic carbocycles. The molecule has 0 aliphatic carbocycles. The number of benzene rings is 3. The summed E-state index contributed by atoms with van der Waals surface area (Å²) in [5.41, 5.74) is 7.25. The number of halogens is 2. The third kappa shape index (κ3) is 7.76. The number of anilines is 3. The number of imide groups is 1. The van der Waals surface area contributed by atoms with Gasteiger partial charge in [-0.2, -0.15) is 5.26 Å². The number of aryl methyl sites for hydroxylation is 3. The minimum Gasteiger partial charge on any atom is -0.383 e. The van der Waals surface area contributed by atoms with Gasteiger partial charge >= 0.3 is 0 Å². The van der Waals surface area contributed by atoms with Crippen molar-refractivity contribution in [1.29, 1.82) is 5.26 Å². The van der Waals surface area contributed by atoms with E-state index in [4.69, 9.17) is 16.1 Å². The van der Waals surface area contributed by atoms with Crippen LogP contribution < -0.4 is 15.5 Å². The SMILES string of the molecule is Cc1ccc(-c2c(C)noc2C)cc1N(CCCCNc1cc2c(cc1F)CN(C(C)CCC(=O)NC=O)C2=O)c1ccc(C#N)c(Cl)c1. The van der Waals surface area contributed by atoms with E-state index in [1.54, 1.807) is 23.1 Å². The molecular weight excluding hydrogens is 647 g/mol. The molecule has 254 valence electrons.